The fraction of sp³-hybridized carbons (Fsp3) is 0.143. The molecule has 0 saturated heterocycles. The first-order valence-corrected chi connectivity index (χ1v) is 6.57. The fourth-order valence-corrected chi connectivity index (χ4v) is 2.47. The number of hydrogen-bond donors (Lipinski definition) is 2. The average Bonchev–Trinajstić information content (AvgIpc) is 2.32. The summed E-state index contributed by atoms with van der Waals surface area (Å²) in [6.45, 7) is 2.12. The zero-order chi connectivity index (χ0) is 12.3. The van der Waals surface area contributed by atoms with E-state index in [1.165, 1.54) is 0 Å². The van der Waals surface area contributed by atoms with E-state index in [4.69, 9.17) is 11.5 Å². The Morgan fingerprint density at radius 2 is 1.76 bits per heavy atom. The highest BCUT2D eigenvalue weighted by molar-refractivity contribution is 7.99. The molecule has 2 aromatic rings. The van der Waals surface area contributed by atoms with Crippen molar-refractivity contribution in [2.45, 2.75) is 11.8 Å². The lowest BCUT2D eigenvalue weighted by Gasteiger charge is -2.08. The van der Waals surface area contributed by atoms with Crippen LogP contribution in [0.5, 0.6) is 0 Å². The largest absolute Gasteiger partial charge is 0.399 e. The first kappa shape index (κ1) is 11.9. The number of nitrogens with two attached hydrogens (primary N) is 2. The van der Waals surface area contributed by atoms with Gasteiger partial charge in [-0.15, -0.1) is 11.8 Å². The Morgan fingerprint density at radius 1 is 1.00 bits per heavy atom. The van der Waals surface area contributed by atoms with Gasteiger partial charge in [-0.05, 0) is 41.1 Å². The molecule has 0 unspecified atom stereocenters. The van der Waals surface area contributed by atoms with Crippen molar-refractivity contribution in [2.75, 3.05) is 17.2 Å². The fourth-order valence-electron chi connectivity index (χ4n) is 1.71. The van der Waals surface area contributed by atoms with Gasteiger partial charge in [-0.2, -0.15) is 0 Å². The normalized spacial score (nSPS) is 10.4. The van der Waals surface area contributed by atoms with E-state index in [2.05, 4.69) is 19.1 Å². The monoisotopic (exact) mass is 244 g/mol. The molecule has 4 N–H and O–H groups in total. The van der Waals surface area contributed by atoms with Crippen LogP contribution in [0.25, 0.3) is 11.1 Å². The molecule has 0 fully saturated rings. The van der Waals surface area contributed by atoms with Gasteiger partial charge in [-0.25, -0.2) is 0 Å². The third-order valence-electron chi connectivity index (χ3n) is 2.53. The van der Waals surface area contributed by atoms with Crippen molar-refractivity contribution >= 4 is 23.1 Å². The van der Waals surface area contributed by atoms with E-state index in [0.29, 0.717) is 0 Å². The predicted octanol–water partition coefficient (Wildman–Crippen LogP) is 3.63. The van der Waals surface area contributed by atoms with E-state index >= 15 is 0 Å². The highest BCUT2D eigenvalue weighted by Crippen LogP contribution is 2.30. The van der Waals surface area contributed by atoms with Crippen LogP contribution in [0, 0.1) is 0 Å². The zero-order valence-electron chi connectivity index (χ0n) is 9.81. The molecule has 0 bridgehead atoms. The summed E-state index contributed by atoms with van der Waals surface area (Å²) >= 11 is 1.76. The van der Waals surface area contributed by atoms with Gasteiger partial charge in [0, 0.05) is 16.3 Å². The van der Waals surface area contributed by atoms with E-state index in [-0.39, 0.29) is 0 Å². The second-order valence-corrected chi connectivity index (χ2v) is 5.12. The minimum Gasteiger partial charge on any atom is -0.399 e. The lowest BCUT2D eigenvalue weighted by atomic mass is 10.0. The van der Waals surface area contributed by atoms with E-state index in [1.54, 1.807) is 11.8 Å². The van der Waals surface area contributed by atoms with Crippen LogP contribution in [0.4, 0.5) is 11.4 Å². The average molecular weight is 244 g/mol. The van der Waals surface area contributed by atoms with Crippen molar-refractivity contribution in [1.29, 1.82) is 0 Å². The van der Waals surface area contributed by atoms with Gasteiger partial charge < -0.3 is 11.5 Å². The number of anilines is 2. The van der Waals surface area contributed by atoms with Gasteiger partial charge in [0.1, 0.15) is 0 Å². The molecule has 0 saturated carbocycles. The van der Waals surface area contributed by atoms with Crippen molar-refractivity contribution in [3.8, 4) is 11.1 Å². The molecular weight excluding hydrogens is 228 g/mol. The van der Waals surface area contributed by atoms with Gasteiger partial charge >= 0.3 is 0 Å². The van der Waals surface area contributed by atoms with Crippen LogP contribution in [-0.2, 0) is 0 Å². The van der Waals surface area contributed by atoms with Crippen molar-refractivity contribution < 1.29 is 0 Å². The summed E-state index contributed by atoms with van der Waals surface area (Å²) in [6.07, 6.45) is 0. The first-order chi connectivity index (χ1) is 8.20. The maximum Gasteiger partial charge on any atom is 0.0452 e. The van der Waals surface area contributed by atoms with E-state index < -0.39 is 0 Å². The highest BCUT2D eigenvalue weighted by Gasteiger charge is 2.03. The molecule has 0 aromatic heterocycles. The number of nitrogen functional groups attached to an aromatic ring is 2. The molecule has 2 nitrogen and oxygen atoms in total. The molecule has 3 heteroatoms. The first-order valence-electron chi connectivity index (χ1n) is 5.59. The maximum atomic E-state index is 5.94. The van der Waals surface area contributed by atoms with E-state index in [0.717, 1.165) is 33.2 Å². The van der Waals surface area contributed by atoms with Crippen molar-refractivity contribution in [3.05, 3.63) is 42.5 Å². The molecule has 0 aliphatic heterocycles. The molecule has 0 aliphatic rings. The van der Waals surface area contributed by atoms with E-state index in [9.17, 15) is 0 Å². The molecule has 0 spiro atoms. The van der Waals surface area contributed by atoms with Crippen LogP contribution in [-0.4, -0.2) is 5.75 Å². The van der Waals surface area contributed by atoms with Crippen molar-refractivity contribution in [2.24, 2.45) is 0 Å². The minimum absolute atomic E-state index is 0.781. The zero-order valence-corrected chi connectivity index (χ0v) is 10.6. The van der Waals surface area contributed by atoms with Gasteiger partial charge in [0.05, 0.1) is 0 Å². The minimum atomic E-state index is 0.781. The Bertz CT molecular complexity index is 523. The molecule has 17 heavy (non-hydrogen) atoms. The SMILES string of the molecule is CCSc1cc(-c2cccc(N)c2)ccc1N. The standard InChI is InChI=1S/C14H16N2S/c1-2-17-14-9-11(6-7-13(14)16)10-4-3-5-12(15)8-10/h3-9H,2,15-16H2,1H3. The Morgan fingerprint density at radius 3 is 2.47 bits per heavy atom. The Balaban J connectivity index is 2.42. The van der Waals surface area contributed by atoms with Gasteiger partial charge in [0.15, 0.2) is 0 Å². The van der Waals surface area contributed by atoms with Crippen LogP contribution in [0.15, 0.2) is 47.4 Å². The second-order valence-electron chi connectivity index (χ2n) is 3.81. The summed E-state index contributed by atoms with van der Waals surface area (Å²) in [4.78, 5) is 1.13. The smallest absolute Gasteiger partial charge is 0.0452 e. The van der Waals surface area contributed by atoms with Crippen LogP contribution >= 0.6 is 11.8 Å². The summed E-state index contributed by atoms with van der Waals surface area (Å²) in [6, 6.07) is 14.0. The van der Waals surface area contributed by atoms with Gasteiger partial charge in [0.25, 0.3) is 0 Å². The topological polar surface area (TPSA) is 52.0 Å². The summed E-state index contributed by atoms with van der Waals surface area (Å²) in [5, 5.41) is 0. The Labute approximate surface area is 106 Å². The quantitative estimate of drug-likeness (QED) is 0.640. The molecule has 88 valence electrons. The Kier molecular flexibility index (Phi) is 3.59. The number of benzene rings is 2. The van der Waals surface area contributed by atoms with Gasteiger partial charge in [0.2, 0.25) is 0 Å². The Hall–Kier alpha value is -1.61. The molecule has 2 aromatic carbocycles. The van der Waals surface area contributed by atoms with Crippen LogP contribution < -0.4 is 11.5 Å². The lowest BCUT2D eigenvalue weighted by molar-refractivity contribution is 1.42. The predicted molar refractivity (Wildman–Crippen MR) is 77.1 cm³/mol. The summed E-state index contributed by atoms with van der Waals surface area (Å²) in [5.74, 6) is 1.02. The highest BCUT2D eigenvalue weighted by atomic mass is 32.2. The molecule has 0 heterocycles. The summed E-state index contributed by atoms with van der Waals surface area (Å²) in [5.41, 5.74) is 15.6. The molecule has 0 radical (unpaired) electrons. The summed E-state index contributed by atoms with van der Waals surface area (Å²) < 4.78 is 0. The molecule has 2 rings (SSSR count). The third-order valence-corrected chi connectivity index (χ3v) is 3.49. The number of rotatable bonds is 3. The number of thioether (sulfide) groups is 1. The van der Waals surface area contributed by atoms with Crippen molar-refractivity contribution in [1.82, 2.24) is 0 Å². The van der Waals surface area contributed by atoms with Crippen molar-refractivity contribution in [3.63, 3.8) is 0 Å². The van der Waals surface area contributed by atoms with Crippen LogP contribution in [0.3, 0.4) is 0 Å². The van der Waals surface area contributed by atoms with Gasteiger partial charge in [-0.1, -0.05) is 25.1 Å². The molecule has 0 atom stereocenters. The lowest BCUT2D eigenvalue weighted by Crippen LogP contribution is -1.90. The number of hydrogen-bond acceptors (Lipinski definition) is 3. The van der Waals surface area contributed by atoms with Gasteiger partial charge in [-0.3, -0.25) is 0 Å². The van der Waals surface area contributed by atoms with Crippen LogP contribution in [0.2, 0.25) is 0 Å². The van der Waals surface area contributed by atoms with E-state index in [1.807, 2.05) is 30.3 Å². The molecular formula is C14H16N2S. The van der Waals surface area contributed by atoms with Crippen LogP contribution in [0.1, 0.15) is 6.92 Å². The molecule has 0 amide bonds. The second kappa shape index (κ2) is 5.15. The molecule has 0 aliphatic carbocycles. The summed E-state index contributed by atoms with van der Waals surface area (Å²) in [7, 11) is 0. The maximum absolute atomic E-state index is 5.94. The third kappa shape index (κ3) is 2.74.